The van der Waals surface area contributed by atoms with Crippen LogP contribution in [0.25, 0.3) is 11.3 Å². The number of aryl methyl sites for hydroxylation is 2. The average Bonchev–Trinajstić information content (AvgIpc) is 2.79. The maximum atomic E-state index is 5.44. The Morgan fingerprint density at radius 1 is 1.33 bits per heavy atom. The van der Waals surface area contributed by atoms with E-state index in [9.17, 15) is 0 Å². The van der Waals surface area contributed by atoms with Crippen molar-refractivity contribution >= 4 is 5.82 Å². The Bertz CT molecular complexity index is 546. The number of benzene rings is 1. The highest BCUT2D eigenvalue weighted by Crippen LogP contribution is 2.32. The number of nitrogens with one attached hydrogen (secondary N) is 1. The van der Waals surface area contributed by atoms with Crippen molar-refractivity contribution in [1.29, 1.82) is 0 Å². The van der Waals surface area contributed by atoms with Gasteiger partial charge in [-0.1, -0.05) is 13.0 Å². The second-order valence-corrected chi connectivity index (χ2v) is 4.18. The second kappa shape index (κ2) is 5.12. The van der Waals surface area contributed by atoms with E-state index in [4.69, 9.17) is 4.74 Å². The summed E-state index contributed by atoms with van der Waals surface area (Å²) < 4.78 is 7.30. The van der Waals surface area contributed by atoms with Gasteiger partial charge >= 0.3 is 0 Å². The van der Waals surface area contributed by atoms with Crippen molar-refractivity contribution in [3.63, 3.8) is 0 Å². The van der Waals surface area contributed by atoms with Crippen LogP contribution in [-0.4, -0.2) is 23.9 Å². The van der Waals surface area contributed by atoms with E-state index in [2.05, 4.69) is 29.5 Å². The van der Waals surface area contributed by atoms with Crippen LogP contribution in [0.1, 0.15) is 12.5 Å². The Morgan fingerprint density at radius 2 is 2.11 bits per heavy atom. The van der Waals surface area contributed by atoms with Gasteiger partial charge in [-0.25, -0.2) is 0 Å². The molecule has 2 aromatic rings. The summed E-state index contributed by atoms with van der Waals surface area (Å²) in [4.78, 5) is 0. The molecule has 0 fully saturated rings. The van der Waals surface area contributed by atoms with Gasteiger partial charge in [0.2, 0.25) is 0 Å². The second-order valence-electron chi connectivity index (χ2n) is 4.18. The Balaban J connectivity index is 2.56. The monoisotopic (exact) mass is 245 g/mol. The van der Waals surface area contributed by atoms with Crippen LogP contribution in [0.4, 0.5) is 5.82 Å². The fraction of sp³-hybridized carbons (Fsp3) is 0.357. The Labute approximate surface area is 108 Å². The van der Waals surface area contributed by atoms with Gasteiger partial charge in [-0.2, -0.15) is 5.10 Å². The van der Waals surface area contributed by atoms with Gasteiger partial charge in [0, 0.05) is 25.7 Å². The summed E-state index contributed by atoms with van der Waals surface area (Å²) in [5, 5.41) is 7.44. The van der Waals surface area contributed by atoms with Crippen LogP contribution in [-0.2, 0) is 13.5 Å². The summed E-state index contributed by atoms with van der Waals surface area (Å²) in [6.45, 7) is 2.15. The number of aromatic nitrogens is 2. The van der Waals surface area contributed by atoms with Crippen LogP contribution in [0.2, 0.25) is 0 Å². The predicted octanol–water partition coefficient (Wildman–Crippen LogP) is 2.70. The van der Waals surface area contributed by atoms with Crippen molar-refractivity contribution in [3.05, 3.63) is 29.8 Å². The van der Waals surface area contributed by atoms with Gasteiger partial charge in [0.25, 0.3) is 0 Å². The van der Waals surface area contributed by atoms with Gasteiger partial charge < -0.3 is 10.1 Å². The minimum Gasteiger partial charge on any atom is -0.496 e. The molecule has 0 atom stereocenters. The molecule has 0 amide bonds. The van der Waals surface area contributed by atoms with E-state index in [0.717, 1.165) is 29.2 Å². The maximum Gasteiger partial charge on any atom is 0.148 e. The average molecular weight is 245 g/mol. The molecule has 0 aliphatic carbocycles. The molecule has 1 heterocycles. The number of rotatable bonds is 4. The molecule has 4 heteroatoms. The third kappa shape index (κ3) is 2.18. The molecule has 1 aromatic carbocycles. The predicted molar refractivity (Wildman–Crippen MR) is 74.1 cm³/mol. The van der Waals surface area contributed by atoms with Gasteiger partial charge in [-0.15, -0.1) is 0 Å². The van der Waals surface area contributed by atoms with Crippen LogP contribution in [0.3, 0.4) is 0 Å². The third-order valence-electron chi connectivity index (χ3n) is 3.08. The van der Waals surface area contributed by atoms with Crippen LogP contribution < -0.4 is 10.1 Å². The molecular formula is C14H19N3O. The molecule has 4 nitrogen and oxygen atoms in total. The van der Waals surface area contributed by atoms with E-state index >= 15 is 0 Å². The van der Waals surface area contributed by atoms with Gasteiger partial charge in [0.1, 0.15) is 11.6 Å². The highest BCUT2D eigenvalue weighted by Gasteiger charge is 2.12. The smallest absolute Gasteiger partial charge is 0.148 e. The summed E-state index contributed by atoms with van der Waals surface area (Å²) in [6, 6.07) is 8.30. The van der Waals surface area contributed by atoms with Crippen molar-refractivity contribution in [2.45, 2.75) is 13.3 Å². The summed E-state index contributed by atoms with van der Waals surface area (Å²) in [6.07, 6.45) is 1.01. The van der Waals surface area contributed by atoms with Crippen LogP contribution in [0.5, 0.6) is 5.75 Å². The van der Waals surface area contributed by atoms with E-state index in [1.165, 1.54) is 5.56 Å². The molecular weight excluding hydrogens is 226 g/mol. The zero-order valence-corrected chi connectivity index (χ0v) is 11.3. The van der Waals surface area contributed by atoms with Crippen molar-refractivity contribution in [3.8, 4) is 17.0 Å². The lowest BCUT2D eigenvalue weighted by Gasteiger charge is -2.10. The summed E-state index contributed by atoms with van der Waals surface area (Å²) >= 11 is 0. The van der Waals surface area contributed by atoms with Crippen LogP contribution in [0.15, 0.2) is 24.3 Å². The third-order valence-corrected chi connectivity index (χ3v) is 3.08. The number of methoxy groups -OCH3 is 1. The molecule has 96 valence electrons. The van der Waals surface area contributed by atoms with E-state index in [-0.39, 0.29) is 0 Å². The molecule has 0 saturated heterocycles. The van der Waals surface area contributed by atoms with E-state index in [1.807, 2.05) is 30.9 Å². The normalized spacial score (nSPS) is 10.4. The number of hydrogen-bond donors (Lipinski definition) is 1. The Morgan fingerprint density at radius 3 is 2.67 bits per heavy atom. The molecule has 0 aliphatic rings. The van der Waals surface area contributed by atoms with E-state index in [0.29, 0.717) is 0 Å². The maximum absolute atomic E-state index is 5.44. The number of anilines is 1. The van der Waals surface area contributed by atoms with Gasteiger partial charge in [0.05, 0.1) is 12.8 Å². The molecule has 0 saturated carbocycles. The highest BCUT2D eigenvalue weighted by atomic mass is 16.5. The first-order valence-electron chi connectivity index (χ1n) is 6.08. The first-order valence-corrected chi connectivity index (χ1v) is 6.08. The van der Waals surface area contributed by atoms with Crippen LogP contribution >= 0.6 is 0 Å². The molecule has 0 radical (unpaired) electrons. The fourth-order valence-corrected chi connectivity index (χ4v) is 2.02. The molecule has 0 spiro atoms. The lowest BCUT2D eigenvalue weighted by molar-refractivity contribution is 0.416. The topological polar surface area (TPSA) is 39.1 Å². The van der Waals surface area contributed by atoms with Crippen molar-refractivity contribution in [1.82, 2.24) is 9.78 Å². The minimum atomic E-state index is 0.858. The quantitative estimate of drug-likeness (QED) is 0.900. The summed E-state index contributed by atoms with van der Waals surface area (Å²) in [7, 11) is 5.50. The SMILES string of the molecule is CCc1ccc(OC)c(-c2cc(NC)nn2C)c1. The lowest BCUT2D eigenvalue weighted by atomic mass is 10.1. The Kier molecular flexibility index (Phi) is 3.55. The molecule has 1 aromatic heterocycles. The van der Waals surface area contributed by atoms with Crippen molar-refractivity contribution in [2.75, 3.05) is 19.5 Å². The largest absolute Gasteiger partial charge is 0.496 e. The standard InChI is InChI=1S/C14H19N3O/c1-5-10-6-7-13(18-4)11(8-10)12-9-14(15-2)16-17(12)3/h6-9H,5H2,1-4H3,(H,15,16). The molecule has 0 aliphatic heterocycles. The zero-order chi connectivity index (χ0) is 13.1. The molecule has 18 heavy (non-hydrogen) atoms. The van der Waals surface area contributed by atoms with Crippen molar-refractivity contribution in [2.24, 2.45) is 7.05 Å². The number of ether oxygens (including phenoxy) is 1. The number of hydrogen-bond acceptors (Lipinski definition) is 3. The minimum absolute atomic E-state index is 0.858. The highest BCUT2D eigenvalue weighted by molar-refractivity contribution is 5.70. The van der Waals surface area contributed by atoms with Crippen LogP contribution in [0, 0.1) is 0 Å². The Hall–Kier alpha value is -1.97. The van der Waals surface area contributed by atoms with E-state index < -0.39 is 0 Å². The summed E-state index contributed by atoms with van der Waals surface area (Å²) in [5.41, 5.74) is 3.41. The first-order chi connectivity index (χ1) is 8.69. The number of nitrogens with zero attached hydrogens (tertiary/aromatic N) is 2. The zero-order valence-electron chi connectivity index (χ0n) is 11.3. The van der Waals surface area contributed by atoms with E-state index in [1.54, 1.807) is 7.11 Å². The molecule has 1 N–H and O–H groups in total. The molecule has 2 rings (SSSR count). The van der Waals surface area contributed by atoms with Gasteiger partial charge in [-0.3, -0.25) is 4.68 Å². The molecule has 0 unspecified atom stereocenters. The first kappa shape index (κ1) is 12.5. The van der Waals surface area contributed by atoms with Gasteiger partial charge in [0.15, 0.2) is 0 Å². The fourth-order valence-electron chi connectivity index (χ4n) is 2.02. The lowest BCUT2D eigenvalue weighted by Crippen LogP contribution is -1.97. The molecule has 0 bridgehead atoms. The van der Waals surface area contributed by atoms with Crippen molar-refractivity contribution < 1.29 is 4.74 Å². The summed E-state index contributed by atoms with van der Waals surface area (Å²) in [5.74, 6) is 1.73. The van der Waals surface area contributed by atoms with Gasteiger partial charge in [-0.05, 0) is 24.1 Å².